The van der Waals surface area contributed by atoms with Crippen molar-refractivity contribution in [3.63, 3.8) is 0 Å². The summed E-state index contributed by atoms with van der Waals surface area (Å²) in [5.41, 5.74) is 7.58. The minimum absolute atomic E-state index is 0.00865. The van der Waals surface area contributed by atoms with Crippen LogP contribution in [0.4, 0.5) is 5.69 Å². The normalized spacial score (nSPS) is 15.4. The van der Waals surface area contributed by atoms with Gasteiger partial charge in [0.2, 0.25) is 5.91 Å². The van der Waals surface area contributed by atoms with Gasteiger partial charge in [-0.3, -0.25) is 9.78 Å². The number of hydrogen-bond acceptors (Lipinski definition) is 3. The van der Waals surface area contributed by atoms with Gasteiger partial charge in [-0.25, -0.2) is 0 Å². The SMILES string of the molecule is C=Cc1cnccc1/C(=C\C)N1CCC(C(=O)Nc2ccc3[nH]c(C)c(/C=C\C)c3c2)CC1. The van der Waals surface area contributed by atoms with E-state index in [1.165, 1.54) is 11.3 Å². The molecule has 0 saturated carbocycles. The van der Waals surface area contributed by atoms with Gasteiger partial charge in [0.05, 0.1) is 0 Å². The van der Waals surface area contributed by atoms with Gasteiger partial charge in [0.15, 0.2) is 0 Å². The third-order valence-corrected chi connectivity index (χ3v) is 6.46. The molecule has 0 spiro atoms. The Morgan fingerprint density at radius 3 is 2.73 bits per heavy atom. The van der Waals surface area contributed by atoms with Crippen molar-refractivity contribution in [1.82, 2.24) is 14.9 Å². The van der Waals surface area contributed by atoms with E-state index in [1.807, 2.05) is 49.7 Å². The Hall–Kier alpha value is -3.60. The van der Waals surface area contributed by atoms with Crippen LogP contribution >= 0.6 is 0 Å². The third kappa shape index (κ3) is 4.63. The molecule has 4 rings (SSSR count). The van der Waals surface area contributed by atoms with Crippen molar-refractivity contribution < 1.29 is 4.79 Å². The Labute approximate surface area is 195 Å². The van der Waals surface area contributed by atoms with Crippen molar-refractivity contribution in [3.05, 3.63) is 77.8 Å². The van der Waals surface area contributed by atoms with E-state index in [0.29, 0.717) is 0 Å². The molecule has 3 aromatic rings. The molecule has 0 radical (unpaired) electrons. The lowest BCUT2D eigenvalue weighted by Gasteiger charge is -2.35. The van der Waals surface area contributed by atoms with Crippen LogP contribution in [0.2, 0.25) is 0 Å². The van der Waals surface area contributed by atoms with Crippen molar-refractivity contribution in [3.8, 4) is 0 Å². The molecule has 1 aliphatic heterocycles. The molecule has 1 saturated heterocycles. The summed E-state index contributed by atoms with van der Waals surface area (Å²) in [5.74, 6) is 0.112. The Kier molecular flexibility index (Phi) is 6.78. The average Bonchev–Trinajstić information content (AvgIpc) is 3.15. The second-order valence-electron chi connectivity index (χ2n) is 8.52. The molecule has 0 aliphatic carbocycles. The van der Waals surface area contributed by atoms with E-state index < -0.39 is 0 Å². The van der Waals surface area contributed by atoms with Crippen LogP contribution in [0.1, 0.15) is 49.1 Å². The number of benzene rings is 1. The molecule has 33 heavy (non-hydrogen) atoms. The van der Waals surface area contributed by atoms with Crippen LogP contribution in [0.15, 0.2) is 55.4 Å². The van der Waals surface area contributed by atoms with Gasteiger partial charge in [-0.2, -0.15) is 0 Å². The molecule has 0 bridgehead atoms. The molecule has 0 atom stereocenters. The van der Waals surface area contributed by atoms with Crippen molar-refractivity contribution in [2.75, 3.05) is 18.4 Å². The van der Waals surface area contributed by atoms with Gasteiger partial charge < -0.3 is 15.2 Å². The topological polar surface area (TPSA) is 61.0 Å². The van der Waals surface area contributed by atoms with Gasteiger partial charge in [0.1, 0.15) is 0 Å². The number of fused-ring (bicyclic) bond motifs is 1. The number of nitrogens with zero attached hydrogens (tertiary/aromatic N) is 2. The number of rotatable bonds is 6. The molecular weight excluding hydrogens is 408 g/mol. The maximum Gasteiger partial charge on any atom is 0.227 e. The lowest BCUT2D eigenvalue weighted by Crippen LogP contribution is -2.37. The van der Waals surface area contributed by atoms with Crippen LogP contribution in [0.25, 0.3) is 28.8 Å². The van der Waals surface area contributed by atoms with E-state index in [2.05, 4.69) is 58.8 Å². The van der Waals surface area contributed by atoms with Gasteiger partial charge >= 0.3 is 0 Å². The Bertz CT molecular complexity index is 1230. The number of carbonyl (C=O) groups is 1. The number of aryl methyl sites for hydroxylation is 1. The number of aromatic amines is 1. The molecule has 1 fully saturated rings. The highest BCUT2D eigenvalue weighted by molar-refractivity contribution is 5.98. The zero-order chi connectivity index (χ0) is 23.4. The van der Waals surface area contributed by atoms with Gasteiger partial charge in [-0.05, 0) is 57.9 Å². The molecule has 1 amide bonds. The average molecular weight is 441 g/mol. The highest BCUT2D eigenvalue weighted by Gasteiger charge is 2.27. The molecule has 2 N–H and O–H groups in total. The number of aromatic nitrogens is 2. The standard InChI is InChI=1S/C28H32N4O/c1-5-8-23-19(4)30-26-10-9-22(17-25(23)26)31-28(33)21-12-15-32(16-13-21)27(7-3)24-11-14-29-18-20(24)6-2/h5-11,14,17-18,21,30H,2,12-13,15-16H2,1,3-4H3,(H,31,33)/b8-5-,27-7+. The number of amides is 1. The largest absolute Gasteiger partial charge is 0.371 e. The molecule has 3 heterocycles. The van der Waals surface area contributed by atoms with Crippen LogP contribution in [-0.4, -0.2) is 33.9 Å². The predicted molar refractivity (Wildman–Crippen MR) is 139 cm³/mol. The number of allylic oxidation sites excluding steroid dienone is 2. The van der Waals surface area contributed by atoms with Crippen molar-refractivity contribution >= 4 is 40.3 Å². The smallest absolute Gasteiger partial charge is 0.227 e. The van der Waals surface area contributed by atoms with E-state index in [-0.39, 0.29) is 11.8 Å². The fraction of sp³-hybridized carbons (Fsp3) is 0.286. The number of anilines is 1. The Morgan fingerprint density at radius 2 is 2.03 bits per heavy atom. The van der Waals surface area contributed by atoms with Crippen LogP contribution < -0.4 is 5.32 Å². The van der Waals surface area contributed by atoms with Crippen LogP contribution in [0.5, 0.6) is 0 Å². The second-order valence-corrected chi connectivity index (χ2v) is 8.52. The summed E-state index contributed by atoms with van der Waals surface area (Å²) in [6, 6.07) is 8.12. The fourth-order valence-corrected chi connectivity index (χ4v) is 4.74. The monoisotopic (exact) mass is 440 g/mol. The van der Waals surface area contributed by atoms with E-state index in [0.717, 1.165) is 59.3 Å². The highest BCUT2D eigenvalue weighted by atomic mass is 16.1. The molecule has 5 nitrogen and oxygen atoms in total. The minimum atomic E-state index is 0.00865. The van der Waals surface area contributed by atoms with E-state index >= 15 is 0 Å². The van der Waals surface area contributed by atoms with Crippen molar-refractivity contribution in [2.24, 2.45) is 5.92 Å². The first kappa shape index (κ1) is 22.6. The molecular formula is C28H32N4O. The maximum atomic E-state index is 13.0. The molecule has 0 unspecified atom stereocenters. The first-order valence-corrected chi connectivity index (χ1v) is 11.6. The first-order chi connectivity index (χ1) is 16.0. The van der Waals surface area contributed by atoms with E-state index in [4.69, 9.17) is 0 Å². The zero-order valence-corrected chi connectivity index (χ0v) is 19.7. The molecule has 1 aromatic carbocycles. The van der Waals surface area contributed by atoms with Gasteiger partial charge in [-0.1, -0.05) is 30.9 Å². The summed E-state index contributed by atoms with van der Waals surface area (Å²) < 4.78 is 0. The van der Waals surface area contributed by atoms with Gasteiger partial charge in [0.25, 0.3) is 0 Å². The van der Waals surface area contributed by atoms with Gasteiger partial charge in [-0.15, -0.1) is 0 Å². The summed E-state index contributed by atoms with van der Waals surface area (Å²) in [7, 11) is 0. The Morgan fingerprint density at radius 1 is 1.24 bits per heavy atom. The molecule has 1 aliphatic rings. The number of pyridine rings is 1. The third-order valence-electron chi connectivity index (χ3n) is 6.46. The van der Waals surface area contributed by atoms with E-state index in [9.17, 15) is 4.79 Å². The first-order valence-electron chi connectivity index (χ1n) is 11.6. The summed E-state index contributed by atoms with van der Waals surface area (Å²) in [6.45, 7) is 11.8. The molecule has 2 aromatic heterocycles. The fourth-order valence-electron chi connectivity index (χ4n) is 4.74. The van der Waals surface area contributed by atoms with Crippen LogP contribution in [-0.2, 0) is 4.79 Å². The minimum Gasteiger partial charge on any atom is -0.371 e. The van der Waals surface area contributed by atoms with Crippen LogP contribution in [0, 0.1) is 12.8 Å². The predicted octanol–water partition coefficient (Wildman–Crippen LogP) is 6.26. The van der Waals surface area contributed by atoms with Crippen molar-refractivity contribution in [2.45, 2.75) is 33.6 Å². The number of nitrogens with one attached hydrogen (secondary N) is 2. The molecule has 170 valence electrons. The number of likely N-dealkylation sites (tertiary alicyclic amines) is 1. The summed E-state index contributed by atoms with van der Waals surface area (Å²) in [5, 5.41) is 4.29. The lowest BCUT2D eigenvalue weighted by molar-refractivity contribution is -0.121. The van der Waals surface area contributed by atoms with Crippen molar-refractivity contribution in [1.29, 1.82) is 0 Å². The van der Waals surface area contributed by atoms with Gasteiger partial charge in [0, 0.05) is 76.1 Å². The quantitative estimate of drug-likeness (QED) is 0.476. The second kappa shape index (κ2) is 9.90. The number of H-pyrrole nitrogens is 1. The number of carbonyl (C=O) groups excluding carboxylic acids is 1. The number of hydrogen-bond donors (Lipinski definition) is 2. The summed E-state index contributed by atoms with van der Waals surface area (Å²) >= 11 is 0. The van der Waals surface area contributed by atoms with E-state index in [1.54, 1.807) is 0 Å². The number of piperidine rings is 1. The highest BCUT2D eigenvalue weighted by Crippen LogP contribution is 2.30. The summed E-state index contributed by atoms with van der Waals surface area (Å²) in [4.78, 5) is 23.0. The maximum absolute atomic E-state index is 13.0. The Balaban J connectivity index is 1.43. The zero-order valence-electron chi connectivity index (χ0n) is 19.7. The summed E-state index contributed by atoms with van der Waals surface area (Å²) in [6.07, 6.45) is 13.4. The van der Waals surface area contributed by atoms with Crippen LogP contribution in [0.3, 0.4) is 0 Å². The molecule has 5 heteroatoms. The lowest BCUT2D eigenvalue weighted by atomic mass is 9.94.